The molecule has 0 aliphatic carbocycles. The number of sulfonamides is 1. The van der Waals surface area contributed by atoms with Crippen LogP contribution in [0.5, 0.6) is 0 Å². The van der Waals surface area contributed by atoms with E-state index in [1.54, 1.807) is 49.4 Å². The van der Waals surface area contributed by atoms with Crippen LogP contribution in [0.25, 0.3) is 0 Å². The van der Waals surface area contributed by atoms with Crippen LogP contribution in [0.2, 0.25) is 15.1 Å². The van der Waals surface area contributed by atoms with E-state index in [0.717, 1.165) is 10.7 Å². The Morgan fingerprint density at radius 3 is 2.21 bits per heavy atom. The normalized spacial score (nSPS) is 12.0. The van der Waals surface area contributed by atoms with Crippen LogP contribution in [-0.4, -0.2) is 44.3 Å². The second kappa shape index (κ2) is 14.0. The number of nitrogens with zero attached hydrogens (tertiary/aromatic N) is 2. The lowest BCUT2D eigenvalue weighted by Crippen LogP contribution is -2.52. The van der Waals surface area contributed by atoms with Gasteiger partial charge in [0.05, 0.1) is 10.6 Å². The lowest BCUT2D eigenvalue weighted by Gasteiger charge is -2.33. The monoisotopic (exact) mass is 609 g/mol. The van der Waals surface area contributed by atoms with Crippen molar-refractivity contribution in [2.45, 2.75) is 44.2 Å². The SMILES string of the molecule is CCCNC(=O)[C@@H](CC)N(Cc1ccccc1Cl)C(=O)CN(c1cccc(Cl)c1)S(=O)(=O)c1ccc(Cl)cc1. The molecule has 0 fully saturated rings. The highest BCUT2D eigenvalue weighted by molar-refractivity contribution is 7.92. The fourth-order valence-corrected chi connectivity index (χ4v) is 5.90. The van der Waals surface area contributed by atoms with E-state index in [4.69, 9.17) is 34.8 Å². The van der Waals surface area contributed by atoms with Gasteiger partial charge < -0.3 is 10.2 Å². The number of carbonyl (C=O) groups excluding carboxylic acids is 2. The summed E-state index contributed by atoms with van der Waals surface area (Å²) in [6, 6.07) is 18.0. The van der Waals surface area contributed by atoms with E-state index in [1.807, 2.05) is 6.92 Å². The summed E-state index contributed by atoms with van der Waals surface area (Å²) in [5.41, 5.74) is 0.830. The van der Waals surface area contributed by atoms with Gasteiger partial charge in [0.1, 0.15) is 12.6 Å². The molecule has 3 rings (SSSR count). The summed E-state index contributed by atoms with van der Waals surface area (Å²) in [6.07, 6.45) is 1.04. The van der Waals surface area contributed by atoms with Gasteiger partial charge in [0.2, 0.25) is 11.8 Å². The molecule has 3 aromatic rings. The number of rotatable bonds is 12. The summed E-state index contributed by atoms with van der Waals surface area (Å²) >= 11 is 18.6. The minimum absolute atomic E-state index is 0.0148. The number of anilines is 1. The first kappa shape index (κ1) is 30.8. The molecule has 0 bridgehead atoms. The van der Waals surface area contributed by atoms with E-state index in [1.165, 1.54) is 35.2 Å². The molecule has 0 saturated heterocycles. The summed E-state index contributed by atoms with van der Waals surface area (Å²) in [5.74, 6) is -0.902. The van der Waals surface area contributed by atoms with E-state index in [0.29, 0.717) is 33.6 Å². The third-order valence-electron chi connectivity index (χ3n) is 6.01. The first-order chi connectivity index (χ1) is 18.6. The molecule has 0 aromatic heterocycles. The Kier molecular flexibility index (Phi) is 11.1. The van der Waals surface area contributed by atoms with E-state index >= 15 is 0 Å². The van der Waals surface area contributed by atoms with Gasteiger partial charge in [-0.1, -0.05) is 72.9 Å². The molecular formula is C28H30Cl3N3O4S. The van der Waals surface area contributed by atoms with Crippen molar-refractivity contribution in [3.63, 3.8) is 0 Å². The molecule has 1 atom stereocenters. The highest BCUT2D eigenvalue weighted by atomic mass is 35.5. The van der Waals surface area contributed by atoms with Gasteiger partial charge in [-0.2, -0.15) is 0 Å². The topological polar surface area (TPSA) is 86.8 Å². The van der Waals surface area contributed by atoms with E-state index in [9.17, 15) is 18.0 Å². The summed E-state index contributed by atoms with van der Waals surface area (Å²) in [4.78, 5) is 28.4. The van der Waals surface area contributed by atoms with Crippen LogP contribution in [0.15, 0.2) is 77.7 Å². The molecule has 0 heterocycles. The van der Waals surface area contributed by atoms with Crippen LogP contribution in [0.3, 0.4) is 0 Å². The predicted molar refractivity (Wildman–Crippen MR) is 157 cm³/mol. The van der Waals surface area contributed by atoms with Crippen LogP contribution < -0.4 is 9.62 Å². The molecule has 0 spiro atoms. The molecule has 7 nitrogen and oxygen atoms in total. The second-order valence-electron chi connectivity index (χ2n) is 8.77. The van der Waals surface area contributed by atoms with Gasteiger partial charge in [0, 0.05) is 28.2 Å². The predicted octanol–water partition coefficient (Wildman–Crippen LogP) is 6.18. The highest BCUT2D eigenvalue weighted by Crippen LogP contribution is 2.28. The smallest absolute Gasteiger partial charge is 0.264 e. The number of hydrogen-bond acceptors (Lipinski definition) is 4. The van der Waals surface area contributed by atoms with E-state index in [-0.39, 0.29) is 23.0 Å². The van der Waals surface area contributed by atoms with Crippen LogP contribution in [-0.2, 0) is 26.2 Å². The van der Waals surface area contributed by atoms with Crippen molar-refractivity contribution in [1.82, 2.24) is 10.2 Å². The van der Waals surface area contributed by atoms with Gasteiger partial charge in [-0.05, 0) is 66.9 Å². The summed E-state index contributed by atoms with van der Waals surface area (Å²) in [7, 11) is -4.22. The Morgan fingerprint density at radius 1 is 0.897 bits per heavy atom. The highest BCUT2D eigenvalue weighted by Gasteiger charge is 2.34. The zero-order valence-corrected chi connectivity index (χ0v) is 24.7. The molecule has 1 N–H and O–H groups in total. The maximum atomic E-state index is 14.0. The third-order valence-corrected chi connectivity index (χ3v) is 8.65. The minimum atomic E-state index is -4.22. The van der Waals surface area contributed by atoms with Gasteiger partial charge >= 0.3 is 0 Å². The number of amides is 2. The van der Waals surface area contributed by atoms with Gasteiger partial charge in [-0.15, -0.1) is 0 Å². The summed E-state index contributed by atoms with van der Waals surface area (Å²) in [5, 5.41) is 3.95. The van der Waals surface area contributed by atoms with Crippen molar-refractivity contribution in [2.24, 2.45) is 0 Å². The van der Waals surface area contributed by atoms with Gasteiger partial charge in [-0.3, -0.25) is 13.9 Å². The molecular weight excluding hydrogens is 581 g/mol. The molecule has 39 heavy (non-hydrogen) atoms. The molecule has 0 aliphatic heterocycles. The zero-order chi connectivity index (χ0) is 28.6. The molecule has 3 aromatic carbocycles. The fourth-order valence-electron chi connectivity index (χ4n) is 3.99. The first-order valence-corrected chi connectivity index (χ1v) is 15.0. The second-order valence-corrected chi connectivity index (χ2v) is 11.9. The Bertz CT molecular complexity index is 1400. The summed E-state index contributed by atoms with van der Waals surface area (Å²) < 4.78 is 28.6. The maximum absolute atomic E-state index is 14.0. The first-order valence-electron chi connectivity index (χ1n) is 12.4. The Hall–Kier alpha value is -2.78. The fraction of sp³-hybridized carbons (Fsp3) is 0.286. The molecule has 11 heteroatoms. The Balaban J connectivity index is 2.06. The van der Waals surface area contributed by atoms with Crippen molar-refractivity contribution < 1.29 is 18.0 Å². The van der Waals surface area contributed by atoms with E-state index in [2.05, 4.69) is 5.32 Å². The standard InChI is InChI=1S/C28H30Cl3N3O4S/c1-3-16-32-28(36)26(4-2)33(18-20-8-5-6-11-25(20)31)27(35)19-34(23-10-7-9-22(30)17-23)39(37,38)24-14-12-21(29)13-15-24/h5-15,17,26H,3-4,16,18-19H2,1-2H3,(H,32,36)/t26-/m1/s1. The molecule has 0 saturated carbocycles. The molecule has 0 aliphatic rings. The van der Waals surface area contributed by atoms with Crippen molar-refractivity contribution in [1.29, 1.82) is 0 Å². The van der Waals surface area contributed by atoms with Gasteiger partial charge in [0.25, 0.3) is 10.0 Å². The van der Waals surface area contributed by atoms with Crippen molar-refractivity contribution in [3.05, 3.63) is 93.4 Å². The Morgan fingerprint density at radius 2 is 1.59 bits per heavy atom. The lowest BCUT2D eigenvalue weighted by atomic mass is 10.1. The van der Waals surface area contributed by atoms with Crippen molar-refractivity contribution in [2.75, 3.05) is 17.4 Å². The molecule has 208 valence electrons. The largest absolute Gasteiger partial charge is 0.354 e. The van der Waals surface area contributed by atoms with Crippen LogP contribution in [0.4, 0.5) is 5.69 Å². The van der Waals surface area contributed by atoms with Crippen LogP contribution in [0.1, 0.15) is 32.3 Å². The molecule has 0 radical (unpaired) electrons. The van der Waals surface area contributed by atoms with Crippen LogP contribution in [0, 0.1) is 0 Å². The number of benzene rings is 3. The van der Waals surface area contributed by atoms with Crippen molar-refractivity contribution >= 4 is 62.3 Å². The minimum Gasteiger partial charge on any atom is -0.354 e. The van der Waals surface area contributed by atoms with Gasteiger partial charge in [0.15, 0.2) is 0 Å². The maximum Gasteiger partial charge on any atom is 0.264 e. The average Bonchev–Trinajstić information content (AvgIpc) is 2.91. The number of nitrogens with one attached hydrogen (secondary N) is 1. The quantitative estimate of drug-likeness (QED) is 0.266. The van der Waals surface area contributed by atoms with E-state index < -0.39 is 28.5 Å². The lowest BCUT2D eigenvalue weighted by molar-refractivity contribution is -0.140. The molecule has 2 amide bonds. The summed E-state index contributed by atoms with van der Waals surface area (Å²) in [6.45, 7) is 3.61. The third kappa shape index (κ3) is 7.88. The molecule has 0 unspecified atom stereocenters. The Labute approximate surface area is 244 Å². The van der Waals surface area contributed by atoms with Gasteiger partial charge in [-0.25, -0.2) is 8.42 Å². The van der Waals surface area contributed by atoms with Crippen molar-refractivity contribution in [3.8, 4) is 0 Å². The van der Waals surface area contributed by atoms with Crippen LogP contribution >= 0.6 is 34.8 Å². The number of carbonyl (C=O) groups is 2. The number of halogens is 3. The number of hydrogen-bond donors (Lipinski definition) is 1. The zero-order valence-electron chi connectivity index (χ0n) is 21.6. The average molecular weight is 611 g/mol.